The van der Waals surface area contributed by atoms with E-state index in [1.165, 1.54) is 0 Å². The van der Waals surface area contributed by atoms with Gasteiger partial charge in [-0.25, -0.2) is 0 Å². The Labute approximate surface area is 110 Å². The highest BCUT2D eigenvalue weighted by atomic mass is 35.5. The molecule has 4 nitrogen and oxygen atoms in total. The summed E-state index contributed by atoms with van der Waals surface area (Å²) in [6.07, 6.45) is 0.995. The first-order chi connectivity index (χ1) is 8.00. The van der Waals surface area contributed by atoms with Gasteiger partial charge in [-0.1, -0.05) is 23.8 Å². The number of nitrogens with two attached hydrogens (primary N) is 2. The van der Waals surface area contributed by atoms with Crippen LogP contribution < -0.4 is 16.8 Å². The number of rotatable bonds is 6. The number of anilines is 1. The fourth-order valence-corrected chi connectivity index (χ4v) is 1.71. The van der Waals surface area contributed by atoms with Gasteiger partial charge in [0.1, 0.15) is 4.99 Å². The molecule has 0 aromatic heterocycles. The van der Waals surface area contributed by atoms with Crippen molar-refractivity contribution >= 4 is 40.4 Å². The number of hydrogen-bond donors (Lipinski definition) is 3. The van der Waals surface area contributed by atoms with E-state index < -0.39 is 0 Å². The average Bonchev–Trinajstić information content (AvgIpc) is 2.23. The van der Waals surface area contributed by atoms with E-state index in [-0.39, 0.29) is 5.91 Å². The van der Waals surface area contributed by atoms with E-state index in [1.807, 2.05) is 0 Å². The zero-order valence-electron chi connectivity index (χ0n) is 9.20. The molecular formula is C11H14ClN3OS. The number of nitrogens with one attached hydrogen (secondary N) is 1. The van der Waals surface area contributed by atoms with Gasteiger partial charge in [0.05, 0.1) is 0 Å². The van der Waals surface area contributed by atoms with Gasteiger partial charge < -0.3 is 16.8 Å². The molecule has 0 spiro atoms. The Morgan fingerprint density at radius 1 is 1.41 bits per heavy atom. The van der Waals surface area contributed by atoms with Crippen molar-refractivity contribution in [1.29, 1.82) is 0 Å². The summed E-state index contributed by atoms with van der Waals surface area (Å²) in [6.45, 7) is 0.610. The van der Waals surface area contributed by atoms with Crippen LogP contribution in [0.1, 0.15) is 18.4 Å². The Bertz CT molecular complexity index is 437. The number of thiocarbonyl (C=S) groups is 1. The van der Waals surface area contributed by atoms with E-state index in [1.54, 1.807) is 18.2 Å². The van der Waals surface area contributed by atoms with E-state index >= 15 is 0 Å². The summed E-state index contributed by atoms with van der Waals surface area (Å²) in [5.41, 5.74) is 12.1. The molecule has 1 amide bonds. The second-order valence-electron chi connectivity index (χ2n) is 3.55. The third-order valence-corrected chi connectivity index (χ3v) is 2.62. The summed E-state index contributed by atoms with van der Waals surface area (Å²) in [5.74, 6) is -0.313. The Morgan fingerprint density at radius 3 is 2.71 bits per heavy atom. The Morgan fingerprint density at radius 2 is 2.12 bits per heavy atom. The molecule has 0 aliphatic heterocycles. The lowest BCUT2D eigenvalue weighted by molar-refractivity contribution is -0.118. The van der Waals surface area contributed by atoms with Gasteiger partial charge >= 0.3 is 0 Å². The summed E-state index contributed by atoms with van der Waals surface area (Å²) in [5, 5.41) is 3.73. The predicted molar refractivity (Wildman–Crippen MR) is 74.3 cm³/mol. The molecule has 0 heterocycles. The molecule has 0 aliphatic rings. The number of carbonyl (C=O) groups excluding carboxylic acids is 1. The van der Waals surface area contributed by atoms with Crippen LogP contribution in [0.25, 0.3) is 0 Å². The molecule has 5 N–H and O–H groups in total. The van der Waals surface area contributed by atoms with Crippen LogP contribution in [0.3, 0.4) is 0 Å². The second kappa shape index (κ2) is 6.42. The largest absolute Gasteiger partial charge is 0.389 e. The molecule has 1 rings (SSSR count). The molecule has 17 heavy (non-hydrogen) atoms. The Kier molecular flexibility index (Phi) is 5.18. The van der Waals surface area contributed by atoms with E-state index in [9.17, 15) is 4.79 Å². The first-order valence-electron chi connectivity index (χ1n) is 5.12. The quantitative estimate of drug-likeness (QED) is 0.543. The summed E-state index contributed by atoms with van der Waals surface area (Å²) >= 11 is 10.8. The minimum absolute atomic E-state index is 0.305. The molecule has 0 bridgehead atoms. The monoisotopic (exact) mass is 271 g/mol. The lowest BCUT2D eigenvalue weighted by Gasteiger charge is -2.11. The molecule has 0 radical (unpaired) electrons. The summed E-state index contributed by atoms with van der Waals surface area (Å²) < 4.78 is 0. The highest BCUT2D eigenvalue weighted by molar-refractivity contribution is 7.80. The fraction of sp³-hybridized carbons (Fsp3) is 0.273. The van der Waals surface area contributed by atoms with Crippen molar-refractivity contribution in [1.82, 2.24) is 0 Å². The molecule has 6 heteroatoms. The van der Waals surface area contributed by atoms with Gasteiger partial charge in [0.2, 0.25) is 5.91 Å². The van der Waals surface area contributed by atoms with Crippen molar-refractivity contribution < 1.29 is 4.79 Å². The topological polar surface area (TPSA) is 81.1 Å². The van der Waals surface area contributed by atoms with E-state index in [0.29, 0.717) is 29.4 Å². The molecule has 0 atom stereocenters. The van der Waals surface area contributed by atoms with Gasteiger partial charge in [-0.2, -0.15) is 0 Å². The molecule has 0 fully saturated rings. The number of amides is 1. The van der Waals surface area contributed by atoms with Crippen LogP contribution in [0.15, 0.2) is 18.2 Å². The highest BCUT2D eigenvalue weighted by Gasteiger charge is 2.05. The molecule has 0 saturated carbocycles. The van der Waals surface area contributed by atoms with Crippen molar-refractivity contribution in [2.75, 3.05) is 11.9 Å². The van der Waals surface area contributed by atoms with Crippen LogP contribution in [-0.4, -0.2) is 17.4 Å². The van der Waals surface area contributed by atoms with Crippen molar-refractivity contribution in [3.8, 4) is 0 Å². The van der Waals surface area contributed by atoms with Crippen LogP contribution in [0.2, 0.25) is 5.02 Å². The first-order valence-corrected chi connectivity index (χ1v) is 5.91. The number of benzene rings is 1. The average molecular weight is 272 g/mol. The van der Waals surface area contributed by atoms with Crippen LogP contribution in [0.5, 0.6) is 0 Å². The molecule has 0 aliphatic carbocycles. The normalized spacial score (nSPS) is 9.94. The zero-order valence-corrected chi connectivity index (χ0v) is 10.8. The maximum absolute atomic E-state index is 10.6. The number of primary amides is 1. The second-order valence-corrected chi connectivity index (χ2v) is 4.43. The Hall–Kier alpha value is -1.33. The standard InChI is InChI=1S/C11H14ClN3OS/c12-7-3-4-8(11(14)17)9(6-7)15-5-1-2-10(13)16/h3-4,6,15H,1-2,5H2,(H2,13,16)(H2,14,17). The van der Waals surface area contributed by atoms with E-state index in [0.717, 1.165) is 11.3 Å². The van der Waals surface area contributed by atoms with Gasteiger partial charge in [-0.3, -0.25) is 4.79 Å². The van der Waals surface area contributed by atoms with Crippen molar-refractivity contribution in [2.45, 2.75) is 12.8 Å². The number of halogens is 1. The highest BCUT2D eigenvalue weighted by Crippen LogP contribution is 2.21. The molecule has 0 saturated heterocycles. The summed E-state index contributed by atoms with van der Waals surface area (Å²) in [7, 11) is 0. The van der Waals surface area contributed by atoms with Gasteiger partial charge in [-0.15, -0.1) is 0 Å². The van der Waals surface area contributed by atoms with Gasteiger partial charge in [0.25, 0.3) is 0 Å². The van der Waals surface area contributed by atoms with E-state index in [2.05, 4.69) is 5.32 Å². The number of carbonyl (C=O) groups is 1. The molecular weight excluding hydrogens is 258 g/mol. The van der Waals surface area contributed by atoms with Gasteiger partial charge in [0, 0.05) is 29.2 Å². The lowest BCUT2D eigenvalue weighted by Crippen LogP contribution is -2.15. The molecule has 1 aromatic rings. The molecule has 1 aromatic carbocycles. The number of hydrogen-bond acceptors (Lipinski definition) is 3. The third kappa shape index (κ3) is 4.58. The van der Waals surface area contributed by atoms with Crippen molar-refractivity contribution in [2.24, 2.45) is 11.5 Å². The maximum Gasteiger partial charge on any atom is 0.217 e. The van der Waals surface area contributed by atoms with Crippen molar-refractivity contribution in [3.05, 3.63) is 28.8 Å². The molecule has 0 unspecified atom stereocenters. The SMILES string of the molecule is NC(=O)CCCNc1cc(Cl)ccc1C(N)=S. The summed E-state index contributed by atoms with van der Waals surface area (Å²) in [4.78, 5) is 10.9. The zero-order chi connectivity index (χ0) is 12.8. The third-order valence-electron chi connectivity index (χ3n) is 2.16. The predicted octanol–water partition coefficient (Wildman–Crippen LogP) is 1.65. The smallest absolute Gasteiger partial charge is 0.217 e. The van der Waals surface area contributed by atoms with Crippen LogP contribution in [0.4, 0.5) is 5.69 Å². The minimum Gasteiger partial charge on any atom is -0.389 e. The first kappa shape index (κ1) is 13.7. The van der Waals surface area contributed by atoms with Gasteiger partial charge in [-0.05, 0) is 24.6 Å². The van der Waals surface area contributed by atoms with E-state index in [4.69, 9.17) is 35.3 Å². The minimum atomic E-state index is -0.313. The molecule has 92 valence electrons. The van der Waals surface area contributed by atoms with Crippen LogP contribution >= 0.6 is 23.8 Å². The Balaban J connectivity index is 2.65. The maximum atomic E-state index is 10.6. The van der Waals surface area contributed by atoms with Gasteiger partial charge in [0.15, 0.2) is 0 Å². The summed E-state index contributed by atoms with van der Waals surface area (Å²) in [6, 6.07) is 5.24. The van der Waals surface area contributed by atoms with Crippen molar-refractivity contribution in [3.63, 3.8) is 0 Å². The van der Waals surface area contributed by atoms with Crippen LogP contribution in [0, 0.1) is 0 Å². The fourth-order valence-electron chi connectivity index (χ4n) is 1.36. The lowest BCUT2D eigenvalue weighted by atomic mass is 10.1. The van der Waals surface area contributed by atoms with Crippen LogP contribution in [-0.2, 0) is 4.79 Å².